The van der Waals surface area contributed by atoms with E-state index in [9.17, 15) is 9.59 Å². The lowest BCUT2D eigenvalue weighted by Crippen LogP contribution is -2.41. The van der Waals surface area contributed by atoms with Gasteiger partial charge in [0.05, 0.1) is 4.91 Å². The molecule has 1 N–H and O–H groups in total. The Hall–Kier alpha value is -1.12. The maximum absolute atomic E-state index is 12.1. The first-order valence-electron chi connectivity index (χ1n) is 5.15. The van der Waals surface area contributed by atoms with Crippen molar-refractivity contribution in [1.82, 2.24) is 4.90 Å². The number of halogens is 1. The van der Waals surface area contributed by atoms with E-state index in [0.29, 0.717) is 15.3 Å². The summed E-state index contributed by atoms with van der Waals surface area (Å²) in [5, 5.41) is 8.95. The molecule has 0 aromatic carbocycles. The lowest BCUT2D eigenvalue weighted by atomic mass is 10.3. The Kier molecular flexibility index (Phi) is 4.12. The van der Waals surface area contributed by atoms with Crippen molar-refractivity contribution in [3.05, 3.63) is 27.5 Å². The Morgan fingerprint density at radius 3 is 2.84 bits per heavy atom. The summed E-state index contributed by atoms with van der Waals surface area (Å²) >= 11 is 9.26. The van der Waals surface area contributed by atoms with E-state index in [1.54, 1.807) is 18.2 Å². The molecule has 100 valence electrons. The molecular formula is C11H8BrNO4S2. The van der Waals surface area contributed by atoms with Crippen molar-refractivity contribution in [2.24, 2.45) is 0 Å². The van der Waals surface area contributed by atoms with E-state index in [1.165, 1.54) is 6.92 Å². The van der Waals surface area contributed by atoms with Crippen LogP contribution < -0.4 is 0 Å². The van der Waals surface area contributed by atoms with Gasteiger partial charge in [-0.25, -0.2) is 4.79 Å². The number of amides is 1. The van der Waals surface area contributed by atoms with Gasteiger partial charge in [-0.1, -0.05) is 24.0 Å². The van der Waals surface area contributed by atoms with E-state index >= 15 is 0 Å². The van der Waals surface area contributed by atoms with Gasteiger partial charge in [0.1, 0.15) is 16.1 Å². The first-order chi connectivity index (χ1) is 8.90. The number of nitrogens with zero attached hydrogens (tertiary/aromatic N) is 1. The molecule has 1 atom stereocenters. The number of carboxylic acids is 1. The average molecular weight is 362 g/mol. The number of carboxylic acid groups (broad SMARTS) is 1. The van der Waals surface area contributed by atoms with Gasteiger partial charge < -0.3 is 9.52 Å². The Morgan fingerprint density at radius 1 is 1.63 bits per heavy atom. The molecule has 1 fully saturated rings. The lowest BCUT2D eigenvalue weighted by molar-refractivity contribution is -0.144. The molecule has 8 heteroatoms. The third kappa shape index (κ3) is 2.90. The van der Waals surface area contributed by atoms with Crippen molar-refractivity contribution in [1.29, 1.82) is 0 Å². The largest absolute Gasteiger partial charge is 0.480 e. The molecule has 2 rings (SSSR count). The van der Waals surface area contributed by atoms with E-state index in [2.05, 4.69) is 15.9 Å². The van der Waals surface area contributed by atoms with Crippen molar-refractivity contribution in [3.8, 4) is 0 Å². The van der Waals surface area contributed by atoms with Gasteiger partial charge in [0.25, 0.3) is 5.91 Å². The number of thiocarbonyl (C=S) groups is 1. The molecule has 0 saturated carbocycles. The Bertz CT molecular complexity index is 595. The second-order valence-electron chi connectivity index (χ2n) is 3.71. The number of carbonyl (C=O) groups excluding carboxylic acids is 1. The molecule has 0 bridgehead atoms. The second kappa shape index (κ2) is 5.48. The Morgan fingerprint density at radius 2 is 2.32 bits per heavy atom. The molecule has 1 aliphatic heterocycles. The second-order valence-corrected chi connectivity index (χ2v) is 6.17. The molecule has 1 aromatic rings. The number of hydrogen-bond acceptors (Lipinski definition) is 5. The summed E-state index contributed by atoms with van der Waals surface area (Å²) in [7, 11) is 0. The number of aliphatic carboxylic acids is 1. The highest BCUT2D eigenvalue weighted by atomic mass is 79.9. The van der Waals surface area contributed by atoms with Gasteiger partial charge in [0.15, 0.2) is 4.67 Å². The molecule has 1 aromatic heterocycles. The van der Waals surface area contributed by atoms with Crippen LogP contribution in [0.2, 0.25) is 0 Å². The fourth-order valence-electron chi connectivity index (χ4n) is 1.46. The van der Waals surface area contributed by atoms with E-state index < -0.39 is 17.9 Å². The zero-order valence-corrected chi connectivity index (χ0v) is 12.8. The van der Waals surface area contributed by atoms with Gasteiger partial charge in [-0.3, -0.25) is 9.69 Å². The molecule has 1 unspecified atom stereocenters. The van der Waals surface area contributed by atoms with Crippen LogP contribution in [0.3, 0.4) is 0 Å². The third-order valence-corrected chi connectivity index (χ3v) is 4.19. The standard InChI is InChI=1S/C11H8BrNO4S2/c1-5(10(15)16)13-9(14)7(19-11(13)18)4-6-2-3-8(12)17-6/h2-5H,1H3,(H,15,16). The fraction of sp³-hybridized carbons (Fsp3) is 0.182. The minimum absolute atomic E-state index is 0.233. The van der Waals surface area contributed by atoms with E-state index in [4.69, 9.17) is 21.7 Å². The zero-order valence-electron chi connectivity index (χ0n) is 9.62. The minimum Gasteiger partial charge on any atom is -0.480 e. The van der Waals surface area contributed by atoms with Gasteiger partial charge >= 0.3 is 5.97 Å². The smallest absolute Gasteiger partial charge is 0.326 e. The monoisotopic (exact) mass is 361 g/mol. The lowest BCUT2D eigenvalue weighted by Gasteiger charge is -2.18. The summed E-state index contributed by atoms with van der Waals surface area (Å²) in [4.78, 5) is 24.5. The highest BCUT2D eigenvalue weighted by Gasteiger charge is 2.38. The zero-order chi connectivity index (χ0) is 14.2. The highest BCUT2D eigenvalue weighted by Crippen LogP contribution is 2.34. The Labute approximate surface area is 126 Å². The number of rotatable bonds is 3. The molecular weight excluding hydrogens is 354 g/mol. The van der Waals surface area contributed by atoms with Crippen molar-refractivity contribution in [3.63, 3.8) is 0 Å². The fourth-order valence-corrected chi connectivity index (χ4v) is 3.18. The topological polar surface area (TPSA) is 70.8 Å². The average Bonchev–Trinajstić information content (AvgIpc) is 2.84. The van der Waals surface area contributed by atoms with Crippen LogP contribution in [0.25, 0.3) is 6.08 Å². The number of furan rings is 1. The van der Waals surface area contributed by atoms with Gasteiger partial charge in [-0.05, 0) is 35.0 Å². The SMILES string of the molecule is CC(C(=O)O)N1C(=O)C(=Cc2ccc(Br)o2)SC1=S. The summed E-state index contributed by atoms with van der Waals surface area (Å²) in [6.07, 6.45) is 1.54. The summed E-state index contributed by atoms with van der Waals surface area (Å²) < 4.78 is 6.05. The summed E-state index contributed by atoms with van der Waals surface area (Å²) in [6, 6.07) is 2.41. The van der Waals surface area contributed by atoms with Crippen molar-refractivity contribution in [2.75, 3.05) is 0 Å². The highest BCUT2D eigenvalue weighted by molar-refractivity contribution is 9.10. The predicted octanol–water partition coefficient (Wildman–Crippen LogP) is 2.72. The predicted molar refractivity (Wildman–Crippen MR) is 78.5 cm³/mol. The van der Waals surface area contributed by atoms with Gasteiger partial charge in [0, 0.05) is 6.08 Å². The van der Waals surface area contributed by atoms with Gasteiger partial charge in [0.2, 0.25) is 0 Å². The third-order valence-electron chi connectivity index (χ3n) is 2.44. The van der Waals surface area contributed by atoms with Gasteiger partial charge in [-0.2, -0.15) is 0 Å². The van der Waals surface area contributed by atoms with Crippen LogP contribution in [-0.2, 0) is 9.59 Å². The summed E-state index contributed by atoms with van der Waals surface area (Å²) in [6.45, 7) is 1.42. The molecule has 0 radical (unpaired) electrons. The van der Waals surface area contributed by atoms with Crippen molar-refractivity contribution >= 4 is 62.2 Å². The molecule has 2 heterocycles. The van der Waals surface area contributed by atoms with Crippen LogP contribution in [0, 0.1) is 0 Å². The van der Waals surface area contributed by atoms with Crippen LogP contribution in [0.15, 0.2) is 26.1 Å². The molecule has 0 aliphatic carbocycles. The number of thioether (sulfide) groups is 1. The maximum Gasteiger partial charge on any atom is 0.326 e. The van der Waals surface area contributed by atoms with Crippen LogP contribution in [0.5, 0.6) is 0 Å². The van der Waals surface area contributed by atoms with Crippen LogP contribution in [-0.4, -0.2) is 32.2 Å². The molecule has 19 heavy (non-hydrogen) atoms. The summed E-state index contributed by atoms with van der Waals surface area (Å²) in [5.74, 6) is -1.02. The van der Waals surface area contributed by atoms with Crippen LogP contribution >= 0.6 is 39.9 Å². The quantitative estimate of drug-likeness (QED) is 0.659. The maximum atomic E-state index is 12.1. The number of carbonyl (C=O) groups is 2. The first-order valence-corrected chi connectivity index (χ1v) is 7.17. The molecule has 5 nitrogen and oxygen atoms in total. The van der Waals surface area contributed by atoms with Crippen molar-refractivity contribution < 1.29 is 19.1 Å². The van der Waals surface area contributed by atoms with E-state index in [-0.39, 0.29) is 4.32 Å². The summed E-state index contributed by atoms with van der Waals surface area (Å²) in [5.41, 5.74) is 0. The number of hydrogen-bond donors (Lipinski definition) is 1. The van der Waals surface area contributed by atoms with E-state index in [0.717, 1.165) is 16.7 Å². The molecule has 1 amide bonds. The van der Waals surface area contributed by atoms with Crippen LogP contribution in [0.4, 0.5) is 0 Å². The molecule has 1 aliphatic rings. The first kappa shape index (κ1) is 14.3. The Balaban J connectivity index is 2.27. The molecule has 0 spiro atoms. The van der Waals surface area contributed by atoms with Crippen LogP contribution in [0.1, 0.15) is 12.7 Å². The normalized spacial score (nSPS) is 19.3. The van der Waals surface area contributed by atoms with E-state index in [1.807, 2.05) is 0 Å². The minimum atomic E-state index is -1.10. The van der Waals surface area contributed by atoms with Gasteiger partial charge in [-0.15, -0.1) is 0 Å². The van der Waals surface area contributed by atoms with Crippen molar-refractivity contribution in [2.45, 2.75) is 13.0 Å². The molecule has 1 saturated heterocycles.